The van der Waals surface area contributed by atoms with Gasteiger partial charge in [0.25, 0.3) is 5.91 Å². The lowest BCUT2D eigenvalue weighted by molar-refractivity contribution is 0.0673. The quantitative estimate of drug-likeness (QED) is 0.684. The molecule has 1 amide bonds. The largest absolute Gasteiger partial charge is 0.332 e. The molecule has 0 saturated heterocycles. The Kier molecular flexibility index (Phi) is 4.90. The monoisotopic (exact) mass is 318 g/mol. The Hall–Kier alpha value is -2.68. The molecule has 3 nitrogen and oxygen atoms in total. The molecular formula is C21H22N2O. The van der Waals surface area contributed by atoms with Gasteiger partial charge in [-0.1, -0.05) is 49.4 Å². The van der Waals surface area contributed by atoms with Crippen LogP contribution in [0.25, 0.3) is 10.9 Å². The number of rotatable bonds is 5. The van der Waals surface area contributed by atoms with Crippen LogP contribution in [0.2, 0.25) is 0 Å². The zero-order valence-corrected chi connectivity index (χ0v) is 14.1. The first kappa shape index (κ1) is 16.2. The lowest BCUT2D eigenvalue weighted by atomic mass is 10.0. The van der Waals surface area contributed by atoms with Gasteiger partial charge in [0, 0.05) is 29.7 Å². The maximum absolute atomic E-state index is 13.3. The van der Waals surface area contributed by atoms with Gasteiger partial charge in [0.2, 0.25) is 0 Å². The molecule has 3 aromatic rings. The summed E-state index contributed by atoms with van der Waals surface area (Å²) in [5.74, 6) is 0.0619. The molecule has 3 rings (SSSR count). The highest BCUT2D eigenvalue weighted by Crippen LogP contribution is 2.21. The maximum Gasteiger partial charge on any atom is 0.255 e. The van der Waals surface area contributed by atoms with E-state index in [0.29, 0.717) is 6.54 Å². The number of carbonyl (C=O) groups excluding carboxylic acids is 1. The van der Waals surface area contributed by atoms with E-state index in [1.165, 1.54) is 0 Å². The Morgan fingerprint density at radius 3 is 2.58 bits per heavy atom. The number of pyridine rings is 1. The molecule has 0 radical (unpaired) electrons. The van der Waals surface area contributed by atoms with Crippen LogP contribution in [0.4, 0.5) is 0 Å². The Balaban J connectivity index is 1.99. The van der Waals surface area contributed by atoms with Gasteiger partial charge in [0.15, 0.2) is 0 Å². The van der Waals surface area contributed by atoms with Gasteiger partial charge in [-0.2, -0.15) is 0 Å². The minimum absolute atomic E-state index is 0.0619. The fraction of sp³-hybridized carbons (Fsp3) is 0.238. The van der Waals surface area contributed by atoms with Gasteiger partial charge in [0.05, 0.1) is 5.52 Å². The van der Waals surface area contributed by atoms with Crippen LogP contribution in [0, 0.1) is 0 Å². The number of fused-ring (bicyclic) bond motifs is 1. The van der Waals surface area contributed by atoms with E-state index in [0.717, 1.165) is 28.5 Å². The van der Waals surface area contributed by atoms with Crippen LogP contribution in [-0.2, 0) is 6.54 Å². The Morgan fingerprint density at radius 2 is 1.83 bits per heavy atom. The molecule has 1 atom stereocenters. The van der Waals surface area contributed by atoms with Crippen molar-refractivity contribution < 1.29 is 4.79 Å². The minimum Gasteiger partial charge on any atom is -0.332 e. The first-order chi connectivity index (χ1) is 11.7. The van der Waals surface area contributed by atoms with Gasteiger partial charge in [-0.05, 0) is 37.1 Å². The first-order valence-electron chi connectivity index (χ1n) is 8.39. The third kappa shape index (κ3) is 3.30. The van der Waals surface area contributed by atoms with Crippen LogP contribution in [0.15, 0.2) is 66.9 Å². The molecule has 1 heterocycles. The highest BCUT2D eigenvalue weighted by atomic mass is 16.2. The average Bonchev–Trinajstić information content (AvgIpc) is 2.65. The molecule has 0 aliphatic heterocycles. The molecule has 1 aromatic heterocycles. The van der Waals surface area contributed by atoms with Crippen molar-refractivity contribution >= 4 is 16.8 Å². The van der Waals surface area contributed by atoms with Crippen molar-refractivity contribution in [3.8, 4) is 0 Å². The summed E-state index contributed by atoms with van der Waals surface area (Å²) in [6.07, 6.45) is 2.68. The number of hydrogen-bond acceptors (Lipinski definition) is 2. The van der Waals surface area contributed by atoms with Crippen molar-refractivity contribution in [3.63, 3.8) is 0 Å². The van der Waals surface area contributed by atoms with Crippen molar-refractivity contribution in [2.45, 2.75) is 32.9 Å². The van der Waals surface area contributed by atoms with Gasteiger partial charge in [-0.3, -0.25) is 9.78 Å². The van der Waals surface area contributed by atoms with E-state index in [-0.39, 0.29) is 11.9 Å². The summed E-state index contributed by atoms with van der Waals surface area (Å²) < 4.78 is 0. The average molecular weight is 318 g/mol. The molecule has 122 valence electrons. The van der Waals surface area contributed by atoms with Crippen LogP contribution < -0.4 is 0 Å². The van der Waals surface area contributed by atoms with Crippen molar-refractivity contribution in [2.75, 3.05) is 0 Å². The number of benzene rings is 2. The van der Waals surface area contributed by atoms with Crippen LogP contribution in [0.5, 0.6) is 0 Å². The van der Waals surface area contributed by atoms with E-state index in [4.69, 9.17) is 0 Å². The van der Waals surface area contributed by atoms with Crippen LogP contribution >= 0.6 is 0 Å². The summed E-state index contributed by atoms with van der Waals surface area (Å²) in [6, 6.07) is 19.9. The van der Waals surface area contributed by atoms with E-state index in [1.54, 1.807) is 6.20 Å². The highest BCUT2D eigenvalue weighted by molar-refractivity contribution is 6.06. The normalized spacial score (nSPS) is 12.1. The molecule has 0 bridgehead atoms. The van der Waals surface area contributed by atoms with E-state index >= 15 is 0 Å². The van der Waals surface area contributed by atoms with Gasteiger partial charge >= 0.3 is 0 Å². The van der Waals surface area contributed by atoms with Gasteiger partial charge < -0.3 is 4.90 Å². The fourth-order valence-corrected chi connectivity index (χ4v) is 2.87. The molecule has 0 fully saturated rings. The highest BCUT2D eigenvalue weighted by Gasteiger charge is 2.22. The molecular weight excluding hydrogens is 296 g/mol. The SMILES string of the molecule is CCC(C)N(Cc1ccccc1)C(=O)c1cccc2ncccc12. The zero-order valence-electron chi connectivity index (χ0n) is 14.1. The topological polar surface area (TPSA) is 33.2 Å². The third-order valence-corrected chi connectivity index (χ3v) is 4.46. The van der Waals surface area contributed by atoms with Gasteiger partial charge in [0.1, 0.15) is 0 Å². The standard InChI is InChI=1S/C21H22N2O/c1-3-16(2)23(15-17-9-5-4-6-10-17)21(24)19-11-7-13-20-18(19)12-8-14-22-20/h4-14,16H,3,15H2,1-2H3. The zero-order chi connectivity index (χ0) is 16.9. The minimum atomic E-state index is 0.0619. The fourth-order valence-electron chi connectivity index (χ4n) is 2.87. The van der Waals surface area contributed by atoms with E-state index in [2.05, 4.69) is 31.0 Å². The summed E-state index contributed by atoms with van der Waals surface area (Å²) in [7, 11) is 0. The number of hydrogen-bond donors (Lipinski definition) is 0. The molecule has 3 heteroatoms. The number of nitrogens with zero attached hydrogens (tertiary/aromatic N) is 2. The Labute approximate surface area is 143 Å². The van der Waals surface area contributed by atoms with Crippen molar-refractivity contribution in [1.82, 2.24) is 9.88 Å². The van der Waals surface area contributed by atoms with Crippen LogP contribution in [-0.4, -0.2) is 21.8 Å². The Morgan fingerprint density at radius 1 is 1.04 bits per heavy atom. The second-order valence-electron chi connectivity index (χ2n) is 6.05. The third-order valence-electron chi connectivity index (χ3n) is 4.46. The Bertz CT molecular complexity index is 824. The van der Waals surface area contributed by atoms with E-state index in [1.807, 2.05) is 53.4 Å². The second-order valence-corrected chi connectivity index (χ2v) is 6.05. The summed E-state index contributed by atoms with van der Waals surface area (Å²) in [6.45, 7) is 4.83. The van der Waals surface area contributed by atoms with Crippen LogP contribution in [0.3, 0.4) is 0 Å². The molecule has 0 aliphatic carbocycles. The summed E-state index contributed by atoms with van der Waals surface area (Å²) in [4.78, 5) is 19.6. The molecule has 0 N–H and O–H groups in total. The lowest BCUT2D eigenvalue weighted by Gasteiger charge is -2.29. The smallest absolute Gasteiger partial charge is 0.255 e. The molecule has 1 unspecified atom stereocenters. The van der Waals surface area contributed by atoms with Crippen molar-refractivity contribution in [3.05, 3.63) is 78.0 Å². The van der Waals surface area contributed by atoms with E-state index < -0.39 is 0 Å². The summed E-state index contributed by atoms with van der Waals surface area (Å²) >= 11 is 0. The summed E-state index contributed by atoms with van der Waals surface area (Å²) in [5.41, 5.74) is 2.72. The summed E-state index contributed by atoms with van der Waals surface area (Å²) in [5, 5.41) is 0.909. The van der Waals surface area contributed by atoms with Gasteiger partial charge in [-0.25, -0.2) is 0 Å². The lowest BCUT2D eigenvalue weighted by Crippen LogP contribution is -2.37. The van der Waals surface area contributed by atoms with E-state index in [9.17, 15) is 4.79 Å². The van der Waals surface area contributed by atoms with Gasteiger partial charge in [-0.15, -0.1) is 0 Å². The predicted molar refractivity (Wildman–Crippen MR) is 97.8 cm³/mol. The van der Waals surface area contributed by atoms with Crippen LogP contribution in [0.1, 0.15) is 36.2 Å². The van der Waals surface area contributed by atoms with Crippen molar-refractivity contribution in [1.29, 1.82) is 0 Å². The predicted octanol–water partition coefficient (Wildman–Crippen LogP) is 4.68. The number of amides is 1. The molecule has 2 aromatic carbocycles. The number of aromatic nitrogens is 1. The molecule has 24 heavy (non-hydrogen) atoms. The molecule has 0 saturated carbocycles. The number of carbonyl (C=O) groups is 1. The van der Waals surface area contributed by atoms with Crippen molar-refractivity contribution in [2.24, 2.45) is 0 Å². The molecule has 0 aliphatic rings. The maximum atomic E-state index is 13.3. The first-order valence-corrected chi connectivity index (χ1v) is 8.39. The second kappa shape index (κ2) is 7.26. The molecule has 0 spiro atoms.